The Kier molecular flexibility index (Phi) is 4.92. The number of thiazole rings is 1. The van der Waals surface area contributed by atoms with Crippen LogP contribution in [0.1, 0.15) is 11.8 Å². The van der Waals surface area contributed by atoms with Crippen molar-refractivity contribution < 1.29 is 9.47 Å². The van der Waals surface area contributed by atoms with E-state index in [4.69, 9.17) is 9.47 Å². The van der Waals surface area contributed by atoms with Gasteiger partial charge in [0, 0.05) is 30.1 Å². The van der Waals surface area contributed by atoms with Gasteiger partial charge in [0.1, 0.15) is 5.75 Å². The van der Waals surface area contributed by atoms with Crippen molar-refractivity contribution >= 4 is 11.3 Å². The SMILES string of the molecule is CCOc1ccccc1-c1[nH]c(=O)sc1CN1CCOCC1. The molecule has 1 aromatic heterocycles. The molecule has 118 valence electrons. The van der Waals surface area contributed by atoms with Crippen LogP contribution in [0.3, 0.4) is 0 Å². The number of rotatable bonds is 5. The van der Waals surface area contributed by atoms with Crippen LogP contribution in [-0.2, 0) is 11.3 Å². The molecule has 6 heteroatoms. The number of benzene rings is 1. The first-order chi connectivity index (χ1) is 10.8. The van der Waals surface area contributed by atoms with Gasteiger partial charge in [0.2, 0.25) is 0 Å². The standard InChI is InChI=1S/C16H20N2O3S/c1-2-21-13-6-4-3-5-12(13)15-14(22-16(19)17-15)11-18-7-9-20-10-8-18/h3-6H,2,7-11H2,1H3,(H,17,19). The van der Waals surface area contributed by atoms with Gasteiger partial charge in [-0.3, -0.25) is 9.69 Å². The fourth-order valence-corrected chi connectivity index (χ4v) is 3.49. The summed E-state index contributed by atoms with van der Waals surface area (Å²) in [6.45, 7) is 6.64. The number of H-pyrrole nitrogens is 1. The van der Waals surface area contributed by atoms with Gasteiger partial charge < -0.3 is 14.5 Å². The highest BCUT2D eigenvalue weighted by molar-refractivity contribution is 7.09. The second-order valence-corrected chi connectivity index (χ2v) is 6.20. The molecular weight excluding hydrogens is 300 g/mol. The van der Waals surface area contributed by atoms with E-state index in [9.17, 15) is 4.79 Å². The average molecular weight is 320 g/mol. The number of morpholine rings is 1. The molecule has 2 heterocycles. The van der Waals surface area contributed by atoms with E-state index in [0.29, 0.717) is 6.61 Å². The molecule has 3 rings (SSSR count). The number of hydrogen-bond donors (Lipinski definition) is 1. The van der Waals surface area contributed by atoms with Crippen LogP contribution in [0.5, 0.6) is 5.75 Å². The first kappa shape index (κ1) is 15.3. The molecule has 1 aliphatic rings. The van der Waals surface area contributed by atoms with Gasteiger partial charge in [-0.05, 0) is 19.1 Å². The molecule has 1 N–H and O–H groups in total. The molecule has 0 saturated carbocycles. The number of nitrogens with zero attached hydrogens (tertiary/aromatic N) is 1. The lowest BCUT2D eigenvalue weighted by atomic mass is 10.1. The topological polar surface area (TPSA) is 54.6 Å². The third-order valence-corrected chi connectivity index (χ3v) is 4.52. The van der Waals surface area contributed by atoms with Gasteiger partial charge in [-0.15, -0.1) is 0 Å². The minimum atomic E-state index is -0.0236. The predicted molar refractivity (Wildman–Crippen MR) is 87.6 cm³/mol. The molecule has 1 fully saturated rings. The Hall–Kier alpha value is -1.63. The van der Waals surface area contributed by atoms with E-state index in [2.05, 4.69) is 9.88 Å². The first-order valence-corrected chi connectivity index (χ1v) is 8.34. The molecule has 1 saturated heterocycles. The molecule has 0 atom stereocenters. The molecule has 1 aliphatic heterocycles. The molecule has 0 spiro atoms. The Balaban J connectivity index is 1.92. The van der Waals surface area contributed by atoms with Crippen LogP contribution in [0.15, 0.2) is 29.1 Å². The van der Waals surface area contributed by atoms with Crippen molar-refractivity contribution in [2.24, 2.45) is 0 Å². The highest BCUT2D eigenvalue weighted by atomic mass is 32.1. The summed E-state index contributed by atoms with van der Waals surface area (Å²) in [6, 6.07) is 7.84. The normalized spacial score (nSPS) is 15.9. The van der Waals surface area contributed by atoms with E-state index in [-0.39, 0.29) is 4.87 Å². The number of hydrogen-bond acceptors (Lipinski definition) is 5. The zero-order chi connectivity index (χ0) is 15.4. The summed E-state index contributed by atoms with van der Waals surface area (Å²) in [5.74, 6) is 0.808. The van der Waals surface area contributed by atoms with Gasteiger partial charge in [0.25, 0.3) is 0 Å². The van der Waals surface area contributed by atoms with Gasteiger partial charge in [-0.1, -0.05) is 23.5 Å². The Labute approximate surface area is 133 Å². The van der Waals surface area contributed by atoms with Crippen molar-refractivity contribution in [3.8, 4) is 17.0 Å². The van der Waals surface area contributed by atoms with Gasteiger partial charge >= 0.3 is 4.87 Å². The summed E-state index contributed by atoms with van der Waals surface area (Å²) in [7, 11) is 0. The average Bonchev–Trinajstić information content (AvgIpc) is 2.89. The van der Waals surface area contributed by atoms with Crippen LogP contribution in [0.4, 0.5) is 0 Å². The number of nitrogens with one attached hydrogen (secondary N) is 1. The molecule has 0 aliphatic carbocycles. The molecule has 0 unspecified atom stereocenters. The maximum Gasteiger partial charge on any atom is 0.305 e. The Morgan fingerprint density at radius 1 is 1.32 bits per heavy atom. The quantitative estimate of drug-likeness (QED) is 0.919. The van der Waals surface area contributed by atoms with E-state index < -0.39 is 0 Å². The molecule has 0 amide bonds. The fraction of sp³-hybridized carbons (Fsp3) is 0.438. The van der Waals surface area contributed by atoms with Crippen LogP contribution in [0, 0.1) is 0 Å². The summed E-state index contributed by atoms with van der Waals surface area (Å²) >= 11 is 1.28. The largest absolute Gasteiger partial charge is 0.493 e. The molecular formula is C16H20N2O3S. The highest BCUT2D eigenvalue weighted by Crippen LogP contribution is 2.32. The number of ether oxygens (including phenoxy) is 2. The first-order valence-electron chi connectivity index (χ1n) is 7.52. The van der Waals surface area contributed by atoms with Gasteiger partial charge in [0.15, 0.2) is 0 Å². The van der Waals surface area contributed by atoms with Crippen molar-refractivity contribution in [3.63, 3.8) is 0 Å². The maximum atomic E-state index is 11.9. The summed E-state index contributed by atoms with van der Waals surface area (Å²) in [4.78, 5) is 18.2. The van der Waals surface area contributed by atoms with Crippen molar-refractivity contribution in [2.45, 2.75) is 13.5 Å². The third-order valence-electron chi connectivity index (χ3n) is 3.65. The highest BCUT2D eigenvalue weighted by Gasteiger charge is 2.18. The lowest BCUT2D eigenvalue weighted by Crippen LogP contribution is -2.35. The molecule has 5 nitrogen and oxygen atoms in total. The molecule has 0 bridgehead atoms. The van der Waals surface area contributed by atoms with Crippen molar-refractivity contribution in [1.29, 1.82) is 0 Å². The zero-order valence-corrected chi connectivity index (χ0v) is 13.4. The van der Waals surface area contributed by atoms with Gasteiger partial charge in [0.05, 0.1) is 25.5 Å². The number of aromatic amines is 1. The molecule has 22 heavy (non-hydrogen) atoms. The summed E-state index contributed by atoms with van der Waals surface area (Å²) < 4.78 is 11.1. The zero-order valence-electron chi connectivity index (χ0n) is 12.6. The third kappa shape index (κ3) is 3.40. The number of para-hydroxylation sites is 1. The number of aromatic nitrogens is 1. The van der Waals surface area contributed by atoms with E-state index in [0.717, 1.165) is 54.7 Å². The fourth-order valence-electron chi connectivity index (χ4n) is 2.61. The minimum Gasteiger partial charge on any atom is -0.493 e. The second-order valence-electron chi connectivity index (χ2n) is 5.13. The predicted octanol–water partition coefficient (Wildman–Crippen LogP) is 2.33. The van der Waals surface area contributed by atoms with Crippen LogP contribution in [-0.4, -0.2) is 42.8 Å². The Bertz CT molecular complexity index is 674. The van der Waals surface area contributed by atoms with Gasteiger partial charge in [-0.2, -0.15) is 0 Å². The van der Waals surface area contributed by atoms with Crippen molar-refractivity contribution in [1.82, 2.24) is 9.88 Å². The van der Waals surface area contributed by atoms with E-state index in [1.807, 2.05) is 31.2 Å². The van der Waals surface area contributed by atoms with E-state index in [1.165, 1.54) is 11.3 Å². The lowest BCUT2D eigenvalue weighted by molar-refractivity contribution is 0.0347. The molecule has 2 aromatic rings. The van der Waals surface area contributed by atoms with E-state index >= 15 is 0 Å². The Morgan fingerprint density at radius 2 is 2.09 bits per heavy atom. The monoisotopic (exact) mass is 320 g/mol. The van der Waals surface area contributed by atoms with Crippen molar-refractivity contribution in [3.05, 3.63) is 38.8 Å². The maximum absolute atomic E-state index is 11.9. The van der Waals surface area contributed by atoms with Crippen LogP contribution in [0.25, 0.3) is 11.3 Å². The van der Waals surface area contributed by atoms with E-state index in [1.54, 1.807) is 0 Å². The van der Waals surface area contributed by atoms with Gasteiger partial charge in [-0.25, -0.2) is 0 Å². The smallest absolute Gasteiger partial charge is 0.305 e. The van der Waals surface area contributed by atoms with Crippen LogP contribution < -0.4 is 9.61 Å². The summed E-state index contributed by atoms with van der Waals surface area (Å²) in [6.07, 6.45) is 0. The Morgan fingerprint density at radius 3 is 2.86 bits per heavy atom. The summed E-state index contributed by atoms with van der Waals surface area (Å²) in [5.41, 5.74) is 1.83. The van der Waals surface area contributed by atoms with Crippen LogP contribution >= 0.6 is 11.3 Å². The second kappa shape index (κ2) is 7.09. The molecule has 0 radical (unpaired) electrons. The minimum absolute atomic E-state index is 0.0236. The van der Waals surface area contributed by atoms with Crippen LogP contribution in [0.2, 0.25) is 0 Å². The molecule has 1 aromatic carbocycles. The van der Waals surface area contributed by atoms with Crippen molar-refractivity contribution in [2.75, 3.05) is 32.9 Å². The lowest BCUT2D eigenvalue weighted by Gasteiger charge is -2.26. The summed E-state index contributed by atoms with van der Waals surface area (Å²) in [5, 5.41) is 0.